The molecule has 0 radical (unpaired) electrons. The predicted octanol–water partition coefficient (Wildman–Crippen LogP) is 1.80. The van der Waals surface area contributed by atoms with Crippen molar-refractivity contribution in [1.29, 1.82) is 0 Å². The SMILES string of the molecule is CC1CCNCC1NS(=O)(=O)c1c(F)cc(F)cc1F.Cl. The summed E-state index contributed by atoms with van der Waals surface area (Å²) in [4.78, 5) is -1.14. The Balaban J connectivity index is 0.00000220. The van der Waals surface area contributed by atoms with E-state index in [9.17, 15) is 21.6 Å². The highest BCUT2D eigenvalue weighted by Crippen LogP contribution is 2.22. The first-order chi connectivity index (χ1) is 9.31. The second-order valence-electron chi connectivity index (χ2n) is 4.90. The van der Waals surface area contributed by atoms with Gasteiger partial charge in [-0.15, -0.1) is 12.4 Å². The molecule has 0 aromatic heterocycles. The van der Waals surface area contributed by atoms with E-state index in [4.69, 9.17) is 0 Å². The summed E-state index contributed by atoms with van der Waals surface area (Å²) >= 11 is 0. The van der Waals surface area contributed by atoms with Crippen LogP contribution >= 0.6 is 12.4 Å². The van der Waals surface area contributed by atoms with Crippen LogP contribution in [0.25, 0.3) is 0 Å². The average Bonchev–Trinajstić information content (AvgIpc) is 2.30. The van der Waals surface area contributed by atoms with E-state index in [-0.39, 0.29) is 18.3 Å². The molecule has 1 aliphatic heterocycles. The second kappa shape index (κ2) is 6.95. The third-order valence-electron chi connectivity index (χ3n) is 3.37. The molecule has 21 heavy (non-hydrogen) atoms. The van der Waals surface area contributed by atoms with Crippen LogP contribution in [-0.2, 0) is 10.0 Å². The van der Waals surface area contributed by atoms with Gasteiger partial charge in [0.15, 0.2) is 4.90 Å². The molecule has 1 fully saturated rings. The van der Waals surface area contributed by atoms with Gasteiger partial charge < -0.3 is 5.32 Å². The molecule has 4 nitrogen and oxygen atoms in total. The maximum absolute atomic E-state index is 13.5. The fraction of sp³-hybridized carbons (Fsp3) is 0.500. The normalized spacial score (nSPS) is 22.7. The van der Waals surface area contributed by atoms with Gasteiger partial charge in [0, 0.05) is 24.7 Å². The predicted molar refractivity (Wildman–Crippen MR) is 74.3 cm³/mol. The summed E-state index contributed by atoms with van der Waals surface area (Å²) in [5, 5.41) is 3.00. The van der Waals surface area contributed by atoms with Crippen LogP contribution in [0.15, 0.2) is 17.0 Å². The van der Waals surface area contributed by atoms with Crippen molar-refractivity contribution in [2.75, 3.05) is 13.1 Å². The van der Waals surface area contributed by atoms with Gasteiger partial charge in [-0.05, 0) is 18.9 Å². The molecule has 1 aromatic rings. The Morgan fingerprint density at radius 1 is 1.24 bits per heavy atom. The van der Waals surface area contributed by atoms with Crippen molar-refractivity contribution in [2.24, 2.45) is 5.92 Å². The molecule has 2 unspecified atom stereocenters. The molecule has 9 heteroatoms. The lowest BCUT2D eigenvalue weighted by atomic mass is 9.96. The van der Waals surface area contributed by atoms with E-state index in [0.717, 1.165) is 13.0 Å². The highest BCUT2D eigenvalue weighted by atomic mass is 35.5. The Kier molecular flexibility index (Phi) is 6.03. The average molecular weight is 345 g/mol. The lowest BCUT2D eigenvalue weighted by Crippen LogP contribution is -2.50. The lowest BCUT2D eigenvalue weighted by Gasteiger charge is -2.30. The Morgan fingerprint density at radius 2 is 1.81 bits per heavy atom. The molecule has 0 spiro atoms. The van der Waals surface area contributed by atoms with Gasteiger partial charge in [-0.3, -0.25) is 0 Å². The monoisotopic (exact) mass is 344 g/mol. The molecule has 1 heterocycles. The van der Waals surface area contributed by atoms with Crippen molar-refractivity contribution >= 4 is 22.4 Å². The summed E-state index contributed by atoms with van der Waals surface area (Å²) in [7, 11) is -4.38. The Morgan fingerprint density at radius 3 is 2.33 bits per heavy atom. The summed E-state index contributed by atoms with van der Waals surface area (Å²) in [6.45, 7) is 2.99. The van der Waals surface area contributed by atoms with E-state index in [2.05, 4.69) is 10.0 Å². The quantitative estimate of drug-likeness (QED) is 0.879. The highest BCUT2D eigenvalue weighted by Gasteiger charge is 2.30. The van der Waals surface area contributed by atoms with Crippen molar-refractivity contribution in [3.63, 3.8) is 0 Å². The molecule has 120 valence electrons. The summed E-state index contributed by atoms with van der Waals surface area (Å²) in [6, 6.07) is 0.234. The van der Waals surface area contributed by atoms with Gasteiger partial charge in [0.2, 0.25) is 10.0 Å². The smallest absolute Gasteiger partial charge is 0.246 e. The molecular formula is C12H16ClF3N2O2S. The number of hydrogen-bond donors (Lipinski definition) is 2. The maximum atomic E-state index is 13.5. The van der Waals surface area contributed by atoms with Gasteiger partial charge in [0.05, 0.1) is 0 Å². The molecule has 1 aliphatic rings. The highest BCUT2D eigenvalue weighted by molar-refractivity contribution is 7.89. The molecule has 0 bridgehead atoms. The third kappa shape index (κ3) is 4.09. The first kappa shape index (κ1) is 18.2. The third-order valence-corrected chi connectivity index (χ3v) is 4.91. The molecule has 0 amide bonds. The molecular weight excluding hydrogens is 329 g/mol. The molecule has 0 aliphatic carbocycles. The van der Waals surface area contributed by atoms with E-state index in [1.54, 1.807) is 0 Å². The molecule has 2 N–H and O–H groups in total. The lowest BCUT2D eigenvalue weighted by molar-refractivity contribution is 0.326. The molecule has 0 saturated carbocycles. The Labute approximate surface area is 127 Å². The van der Waals surface area contributed by atoms with Crippen molar-refractivity contribution in [1.82, 2.24) is 10.0 Å². The minimum atomic E-state index is -4.38. The molecule has 1 aromatic carbocycles. The van der Waals surface area contributed by atoms with Crippen molar-refractivity contribution in [2.45, 2.75) is 24.3 Å². The van der Waals surface area contributed by atoms with Gasteiger partial charge in [-0.2, -0.15) is 0 Å². The molecule has 2 rings (SSSR count). The standard InChI is InChI=1S/C12H15F3N2O2S.ClH/c1-7-2-3-16-6-11(7)17-20(18,19)12-9(14)4-8(13)5-10(12)15;/h4-5,7,11,16-17H,2-3,6H2,1H3;1H. The van der Waals surface area contributed by atoms with E-state index in [0.29, 0.717) is 18.7 Å². The van der Waals surface area contributed by atoms with E-state index >= 15 is 0 Å². The first-order valence-corrected chi connectivity index (χ1v) is 7.67. The fourth-order valence-electron chi connectivity index (χ4n) is 2.19. The second-order valence-corrected chi connectivity index (χ2v) is 6.55. The van der Waals surface area contributed by atoms with Gasteiger partial charge in [-0.1, -0.05) is 6.92 Å². The summed E-state index contributed by atoms with van der Waals surface area (Å²) in [5.74, 6) is -4.00. The van der Waals surface area contributed by atoms with Crippen LogP contribution in [0.3, 0.4) is 0 Å². The van der Waals surface area contributed by atoms with Gasteiger partial charge in [0.1, 0.15) is 17.5 Å². The van der Waals surface area contributed by atoms with E-state index in [1.165, 1.54) is 0 Å². The zero-order chi connectivity index (χ0) is 14.9. The summed E-state index contributed by atoms with van der Waals surface area (Å²) < 4.78 is 66.3. The number of sulfonamides is 1. The number of piperidine rings is 1. The van der Waals surface area contributed by atoms with Crippen molar-refractivity contribution in [3.8, 4) is 0 Å². The zero-order valence-corrected chi connectivity index (χ0v) is 12.8. The minimum Gasteiger partial charge on any atom is -0.315 e. The van der Waals surface area contributed by atoms with Gasteiger partial charge >= 0.3 is 0 Å². The Bertz CT molecular complexity index is 590. The van der Waals surface area contributed by atoms with Gasteiger partial charge in [0.25, 0.3) is 0 Å². The van der Waals surface area contributed by atoms with Crippen LogP contribution in [0.2, 0.25) is 0 Å². The van der Waals surface area contributed by atoms with Crippen LogP contribution in [0.4, 0.5) is 13.2 Å². The fourth-order valence-corrected chi connectivity index (χ4v) is 3.65. The zero-order valence-electron chi connectivity index (χ0n) is 11.2. The Hall–Kier alpha value is -0.830. The van der Waals surface area contributed by atoms with Crippen LogP contribution in [0.5, 0.6) is 0 Å². The summed E-state index contributed by atoms with van der Waals surface area (Å²) in [5.41, 5.74) is 0. The van der Waals surface area contributed by atoms with Gasteiger partial charge in [-0.25, -0.2) is 26.3 Å². The number of benzene rings is 1. The molecule has 2 atom stereocenters. The van der Waals surface area contributed by atoms with E-state index in [1.807, 2.05) is 6.92 Å². The van der Waals surface area contributed by atoms with Crippen molar-refractivity contribution in [3.05, 3.63) is 29.6 Å². The number of rotatable bonds is 3. The van der Waals surface area contributed by atoms with Crippen LogP contribution in [-0.4, -0.2) is 27.5 Å². The number of halogens is 4. The number of hydrogen-bond acceptors (Lipinski definition) is 3. The number of nitrogens with one attached hydrogen (secondary N) is 2. The largest absolute Gasteiger partial charge is 0.315 e. The maximum Gasteiger partial charge on any atom is 0.246 e. The van der Waals surface area contributed by atoms with E-state index < -0.39 is 38.4 Å². The first-order valence-electron chi connectivity index (χ1n) is 6.19. The minimum absolute atomic E-state index is 0. The van der Waals surface area contributed by atoms with Crippen LogP contribution in [0.1, 0.15) is 13.3 Å². The van der Waals surface area contributed by atoms with Crippen LogP contribution < -0.4 is 10.0 Å². The topological polar surface area (TPSA) is 58.2 Å². The van der Waals surface area contributed by atoms with Crippen LogP contribution in [0, 0.1) is 23.4 Å². The molecule has 1 saturated heterocycles. The van der Waals surface area contributed by atoms with Crippen molar-refractivity contribution < 1.29 is 21.6 Å². The summed E-state index contributed by atoms with van der Waals surface area (Å²) in [6.07, 6.45) is 0.752.